The zero-order valence-electron chi connectivity index (χ0n) is 15.6. The van der Waals surface area contributed by atoms with Crippen molar-refractivity contribution in [3.05, 3.63) is 22.4 Å². The Balaban J connectivity index is 1.80. The number of carbonyl (C=O) groups is 1. The van der Waals surface area contributed by atoms with Crippen LogP contribution >= 0.6 is 11.3 Å². The summed E-state index contributed by atoms with van der Waals surface area (Å²) in [6.45, 7) is 11.2. The monoisotopic (exact) mass is 352 g/mol. The van der Waals surface area contributed by atoms with Crippen molar-refractivity contribution in [1.82, 2.24) is 10.6 Å². The van der Waals surface area contributed by atoms with Crippen molar-refractivity contribution < 1.29 is 9.53 Å². The first-order valence-electron chi connectivity index (χ1n) is 8.92. The first-order valence-corrected chi connectivity index (χ1v) is 9.80. The fourth-order valence-electron chi connectivity index (χ4n) is 3.13. The van der Waals surface area contributed by atoms with E-state index in [1.165, 1.54) is 11.3 Å². The van der Waals surface area contributed by atoms with Gasteiger partial charge in [-0.25, -0.2) is 4.79 Å². The minimum absolute atomic E-state index is 0.139. The maximum absolute atomic E-state index is 12.0. The van der Waals surface area contributed by atoms with Gasteiger partial charge in [-0.2, -0.15) is 0 Å². The average Bonchev–Trinajstić information content (AvgIpc) is 2.98. The van der Waals surface area contributed by atoms with Crippen LogP contribution in [0, 0.1) is 0 Å². The molecule has 24 heavy (non-hydrogen) atoms. The second-order valence-electron chi connectivity index (χ2n) is 8.45. The number of rotatable bonds is 5. The summed E-state index contributed by atoms with van der Waals surface area (Å²) in [7, 11) is 0. The number of thiophene rings is 1. The third-order valence-electron chi connectivity index (χ3n) is 4.42. The third-order valence-corrected chi connectivity index (χ3v) is 5.65. The van der Waals surface area contributed by atoms with Gasteiger partial charge in [0.25, 0.3) is 0 Å². The molecule has 1 aliphatic carbocycles. The van der Waals surface area contributed by atoms with Crippen molar-refractivity contribution in [2.24, 2.45) is 0 Å². The maximum Gasteiger partial charge on any atom is 0.407 e. The van der Waals surface area contributed by atoms with Gasteiger partial charge < -0.3 is 15.4 Å². The highest BCUT2D eigenvalue weighted by Crippen LogP contribution is 2.28. The lowest BCUT2D eigenvalue weighted by Gasteiger charge is -2.33. The summed E-state index contributed by atoms with van der Waals surface area (Å²) in [6.07, 6.45) is 4.02. The minimum Gasteiger partial charge on any atom is -0.444 e. The molecule has 2 atom stereocenters. The Bertz CT molecular complexity index is 520. The molecule has 1 aromatic heterocycles. The summed E-state index contributed by atoms with van der Waals surface area (Å²) >= 11 is 1.82. The van der Waals surface area contributed by atoms with E-state index in [2.05, 4.69) is 42.0 Å². The molecule has 1 heterocycles. The predicted molar refractivity (Wildman–Crippen MR) is 101 cm³/mol. The Morgan fingerprint density at radius 1 is 1.25 bits per heavy atom. The van der Waals surface area contributed by atoms with Crippen LogP contribution in [0.1, 0.15) is 65.2 Å². The lowest BCUT2D eigenvalue weighted by atomic mass is 9.88. The van der Waals surface area contributed by atoms with Crippen LogP contribution in [0.25, 0.3) is 0 Å². The molecule has 1 aromatic rings. The Morgan fingerprint density at radius 2 is 1.96 bits per heavy atom. The van der Waals surface area contributed by atoms with E-state index in [0.717, 1.165) is 25.8 Å². The summed E-state index contributed by atoms with van der Waals surface area (Å²) in [5, 5.41) is 8.88. The van der Waals surface area contributed by atoms with E-state index in [4.69, 9.17) is 4.74 Å². The first kappa shape index (κ1) is 19.3. The summed E-state index contributed by atoms with van der Waals surface area (Å²) in [5.41, 5.74) is -0.305. The number of nitrogens with one attached hydrogen (secondary N) is 2. The molecule has 1 aliphatic rings. The number of carbonyl (C=O) groups excluding carboxylic acids is 1. The molecular weight excluding hydrogens is 320 g/mol. The van der Waals surface area contributed by atoms with E-state index < -0.39 is 5.60 Å². The van der Waals surface area contributed by atoms with Gasteiger partial charge in [0.1, 0.15) is 5.60 Å². The molecule has 1 amide bonds. The van der Waals surface area contributed by atoms with E-state index in [-0.39, 0.29) is 17.6 Å². The predicted octanol–water partition coefficient (Wildman–Crippen LogP) is 4.45. The minimum atomic E-state index is -0.443. The molecule has 2 unspecified atom stereocenters. The van der Waals surface area contributed by atoms with Crippen molar-refractivity contribution in [3.8, 4) is 0 Å². The topological polar surface area (TPSA) is 50.4 Å². The van der Waals surface area contributed by atoms with Crippen LogP contribution in [-0.2, 0) is 10.2 Å². The van der Waals surface area contributed by atoms with E-state index >= 15 is 0 Å². The van der Waals surface area contributed by atoms with Gasteiger partial charge in [0.15, 0.2) is 0 Å². The molecule has 1 fully saturated rings. The van der Waals surface area contributed by atoms with Crippen LogP contribution in [0.5, 0.6) is 0 Å². The zero-order valence-corrected chi connectivity index (χ0v) is 16.5. The zero-order chi connectivity index (χ0) is 17.8. The average molecular weight is 353 g/mol. The molecule has 2 N–H and O–H groups in total. The Morgan fingerprint density at radius 3 is 2.58 bits per heavy atom. The fourth-order valence-corrected chi connectivity index (χ4v) is 3.98. The summed E-state index contributed by atoms with van der Waals surface area (Å²) in [4.78, 5) is 13.4. The highest BCUT2D eigenvalue weighted by molar-refractivity contribution is 7.10. The van der Waals surface area contributed by atoms with Gasteiger partial charge in [0.2, 0.25) is 0 Å². The second kappa shape index (κ2) is 7.87. The molecule has 0 aliphatic heterocycles. The molecule has 5 heteroatoms. The van der Waals surface area contributed by atoms with Crippen LogP contribution in [0.3, 0.4) is 0 Å². The lowest BCUT2D eigenvalue weighted by Crippen LogP contribution is -2.47. The van der Waals surface area contributed by atoms with E-state index in [9.17, 15) is 4.79 Å². The maximum atomic E-state index is 12.0. The number of hydrogen-bond donors (Lipinski definition) is 2. The molecule has 0 saturated heterocycles. The van der Waals surface area contributed by atoms with Gasteiger partial charge in [-0.05, 0) is 57.9 Å². The highest BCUT2D eigenvalue weighted by Gasteiger charge is 2.28. The smallest absolute Gasteiger partial charge is 0.407 e. The van der Waals surface area contributed by atoms with Gasteiger partial charge in [-0.15, -0.1) is 11.3 Å². The van der Waals surface area contributed by atoms with Gasteiger partial charge in [0, 0.05) is 28.9 Å². The molecule has 136 valence electrons. The van der Waals surface area contributed by atoms with Crippen LogP contribution in [0.2, 0.25) is 0 Å². The highest BCUT2D eigenvalue weighted by atomic mass is 32.1. The Kier molecular flexibility index (Phi) is 6.32. The van der Waals surface area contributed by atoms with Crippen molar-refractivity contribution in [3.63, 3.8) is 0 Å². The van der Waals surface area contributed by atoms with Gasteiger partial charge in [-0.1, -0.05) is 19.9 Å². The van der Waals surface area contributed by atoms with E-state index in [0.29, 0.717) is 6.04 Å². The Labute approximate surface area is 150 Å². The van der Waals surface area contributed by atoms with Crippen molar-refractivity contribution in [2.75, 3.05) is 6.54 Å². The molecule has 0 spiro atoms. The Hall–Kier alpha value is -1.07. The van der Waals surface area contributed by atoms with Crippen LogP contribution < -0.4 is 10.6 Å². The molecule has 2 rings (SSSR count). The van der Waals surface area contributed by atoms with Crippen LogP contribution in [-0.4, -0.2) is 30.3 Å². The van der Waals surface area contributed by atoms with Crippen molar-refractivity contribution in [1.29, 1.82) is 0 Å². The second-order valence-corrected chi connectivity index (χ2v) is 9.40. The molecular formula is C19H32N2O2S. The molecule has 1 saturated carbocycles. The van der Waals surface area contributed by atoms with Crippen molar-refractivity contribution in [2.45, 2.75) is 83.4 Å². The molecule has 0 bridgehead atoms. The SMILES string of the molecule is CC(C)(C)OC(=O)NC1CCCC(NCC(C)(C)c2cccs2)C1. The van der Waals surface area contributed by atoms with Gasteiger partial charge >= 0.3 is 6.09 Å². The fraction of sp³-hybridized carbons (Fsp3) is 0.737. The molecule has 4 nitrogen and oxygen atoms in total. The summed E-state index contributed by atoms with van der Waals surface area (Å²) < 4.78 is 5.37. The lowest BCUT2D eigenvalue weighted by molar-refractivity contribution is 0.0488. The van der Waals surface area contributed by atoms with Crippen LogP contribution in [0.15, 0.2) is 17.5 Å². The van der Waals surface area contributed by atoms with E-state index in [1.54, 1.807) is 0 Å². The van der Waals surface area contributed by atoms with E-state index in [1.807, 2.05) is 32.1 Å². The summed E-state index contributed by atoms with van der Waals surface area (Å²) in [5.74, 6) is 0. The molecule has 0 aromatic carbocycles. The first-order chi connectivity index (χ1) is 11.2. The van der Waals surface area contributed by atoms with Crippen molar-refractivity contribution >= 4 is 17.4 Å². The normalized spacial score (nSPS) is 22.2. The quantitative estimate of drug-likeness (QED) is 0.823. The van der Waals surface area contributed by atoms with Crippen LogP contribution in [0.4, 0.5) is 4.79 Å². The van der Waals surface area contributed by atoms with Gasteiger partial charge in [-0.3, -0.25) is 0 Å². The third kappa shape index (κ3) is 6.10. The summed E-state index contributed by atoms with van der Waals surface area (Å²) in [6, 6.07) is 4.98. The number of ether oxygens (including phenoxy) is 1. The largest absolute Gasteiger partial charge is 0.444 e. The van der Waals surface area contributed by atoms with Gasteiger partial charge in [0.05, 0.1) is 0 Å². The number of alkyl carbamates (subject to hydrolysis) is 1. The molecule has 0 radical (unpaired) electrons. The number of hydrogen-bond acceptors (Lipinski definition) is 4. The standard InChI is InChI=1S/C19H32N2O2S/c1-18(2,3)23-17(22)21-15-9-6-8-14(12-15)20-13-19(4,5)16-10-7-11-24-16/h7,10-11,14-15,20H,6,8-9,12-13H2,1-5H3,(H,21,22). The number of amides is 1.